The SMILES string of the molecule is COC(=O)C(C)N1C(=O)C(C)C1C. The Labute approximate surface area is 77.8 Å². The first-order chi connectivity index (χ1) is 6.00. The van der Waals surface area contributed by atoms with Crippen LogP contribution in [0.1, 0.15) is 20.8 Å². The molecule has 0 aromatic rings. The van der Waals surface area contributed by atoms with Gasteiger partial charge in [0.1, 0.15) is 6.04 Å². The summed E-state index contributed by atoms with van der Waals surface area (Å²) in [5, 5.41) is 0. The zero-order valence-corrected chi connectivity index (χ0v) is 8.40. The lowest BCUT2D eigenvalue weighted by Crippen LogP contribution is -2.63. The molecule has 74 valence electrons. The van der Waals surface area contributed by atoms with E-state index in [1.807, 2.05) is 13.8 Å². The first-order valence-electron chi connectivity index (χ1n) is 4.40. The van der Waals surface area contributed by atoms with E-state index in [0.29, 0.717) is 0 Å². The van der Waals surface area contributed by atoms with Crippen LogP contribution in [0.5, 0.6) is 0 Å². The van der Waals surface area contributed by atoms with Crippen molar-refractivity contribution in [2.24, 2.45) is 5.92 Å². The van der Waals surface area contributed by atoms with Gasteiger partial charge in [0, 0.05) is 6.04 Å². The van der Waals surface area contributed by atoms with Crippen LogP contribution in [0.2, 0.25) is 0 Å². The van der Waals surface area contributed by atoms with Crippen molar-refractivity contribution in [3.8, 4) is 0 Å². The Kier molecular flexibility index (Phi) is 2.59. The van der Waals surface area contributed by atoms with Crippen LogP contribution in [0.15, 0.2) is 0 Å². The van der Waals surface area contributed by atoms with Gasteiger partial charge in [-0.1, -0.05) is 6.92 Å². The third-order valence-electron chi connectivity index (χ3n) is 2.77. The summed E-state index contributed by atoms with van der Waals surface area (Å²) in [7, 11) is 1.33. The largest absolute Gasteiger partial charge is 0.467 e. The summed E-state index contributed by atoms with van der Waals surface area (Å²) in [6, 6.07) is -0.315. The number of carbonyl (C=O) groups excluding carboxylic acids is 2. The van der Waals surface area contributed by atoms with Gasteiger partial charge in [0.15, 0.2) is 0 Å². The summed E-state index contributed by atoms with van der Waals surface area (Å²) >= 11 is 0. The molecule has 0 radical (unpaired) electrons. The van der Waals surface area contributed by atoms with E-state index in [2.05, 4.69) is 4.74 Å². The molecule has 3 unspecified atom stereocenters. The number of hydrogen-bond donors (Lipinski definition) is 0. The molecular weight excluding hydrogens is 170 g/mol. The van der Waals surface area contributed by atoms with Crippen LogP contribution >= 0.6 is 0 Å². The highest BCUT2D eigenvalue weighted by atomic mass is 16.5. The highest BCUT2D eigenvalue weighted by Crippen LogP contribution is 2.28. The van der Waals surface area contributed by atoms with Crippen molar-refractivity contribution < 1.29 is 14.3 Å². The van der Waals surface area contributed by atoms with Gasteiger partial charge in [0.25, 0.3) is 0 Å². The fourth-order valence-corrected chi connectivity index (χ4v) is 1.63. The molecule has 4 heteroatoms. The number of methoxy groups -OCH3 is 1. The normalized spacial score (nSPS) is 29.5. The molecule has 0 aliphatic carbocycles. The van der Waals surface area contributed by atoms with Gasteiger partial charge in [0.2, 0.25) is 5.91 Å². The van der Waals surface area contributed by atoms with Crippen molar-refractivity contribution in [2.45, 2.75) is 32.9 Å². The molecule has 13 heavy (non-hydrogen) atoms. The summed E-state index contributed by atoms with van der Waals surface area (Å²) < 4.78 is 4.57. The molecule has 0 spiro atoms. The minimum atomic E-state index is -0.455. The van der Waals surface area contributed by atoms with Gasteiger partial charge in [-0.25, -0.2) is 4.79 Å². The average molecular weight is 185 g/mol. The second-order valence-corrected chi connectivity index (χ2v) is 3.47. The summed E-state index contributed by atoms with van der Waals surface area (Å²) in [5.41, 5.74) is 0. The first kappa shape index (κ1) is 10.0. The zero-order valence-electron chi connectivity index (χ0n) is 8.40. The number of likely N-dealkylation sites (tertiary alicyclic amines) is 1. The van der Waals surface area contributed by atoms with Crippen molar-refractivity contribution in [3.05, 3.63) is 0 Å². The molecule has 0 aromatic heterocycles. The average Bonchev–Trinajstić information content (AvgIpc) is 2.16. The number of ether oxygens (including phenoxy) is 1. The highest BCUT2D eigenvalue weighted by Gasteiger charge is 2.45. The standard InChI is InChI=1S/C9H15NO3/c1-5-6(2)10(8(5)11)7(3)9(12)13-4/h5-7H,1-4H3. The van der Waals surface area contributed by atoms with Crippen LogP contribution in [0, 0.1) is 5.92 Å². The minimum Gasteiger partial charge on any atom is -0.467 e. The van der Waals surface area contributed by atoms with E-state index in [1.165, 1.54) is 7.11 Å². The Morgan fingerprint density at radius 2 is 2.08 bits per heavy atom. The molecule has 0 bridgehead atoms. The predicted octanol–water partition coefficient (Wildman–Crippen LogP) is 0.415. The highest BCUT2D eigenvalue weighted by molar-refractivity contribution is 5.90. The number of β-lactam (4-membered cyclic amide) rings is 1. The van der Waals surface area contributed by atoms with Crippen LogP contribution in [0.4, 0.5) is 0 Å². The quantitative estimate of drug-likeness (QED) is 0.462. The number of nitrogens with zero attached hydrogens (tertiary/aromatic N) is 1. The molecule has 1 fully saturated rings. The van der Waals surface area contributed by atoms with Crippen LogP contribution < -0.4 is 0 Å². The molecule has 3 atom stereocenters. The van der Waals surface area contributed by atoms with Crippen molar-refractivity contribution in [1.82, 2.24) is 4.90 Å². The summed E-state index contributed by atoms with van der Waals surface area (Å²) in [5.74, 6) is -0.287. The summed E-state index contributed by atoms with van der Waals surface area (Å²) in [6.07, 6.45) is 0. The molecule has 1 amide bonds. The maximum atomic E-state index is 11.4. The van der Waals surface area contributed by atoms with E-state index < -0.39 is 6.04 Å². The lowest BCUT2D eigenvalue weighted by molar-refractivity contribution is -0.168. The number of hydrogen-bond acceptors (Lipinski definition) is 3. The number of amides is 1. The van der Waals surface area contributed by atoms with Crippen LogP contribution in [0.25, 0.3) is 0 Å². The van der Waals surface area contributed by atoms with Gasteiger partial charge >= 0.3 is 5.97 Å². The number of carbonyl (C=O) groups is 2. The van der Waals surface area contributed by atoms with E-state index in [-0.39, 0.29) is 23.8 Å². The third kappa shape index (κ3) is 1.41. The number of rotatable bonds is 2. The molecule has 1 rings (SSSR count). The molecule has 4 nitrogen and oxygen atoms in total. The predicted molar refractivity (Wildman–Crippen MR) is 47.0 cm³/mol. The molecule has 0 N–H and O–H groups in total. The van der Waals surface area contributed by atoms with E-state index >= 15 is 0 Å². The lowest BCUT2D eigenvalue weighted by Gasteiger charge is -2.46. The Bertz CT molecular complexity index is 239. The number of esters is 1. The second kappa shape index (κ2) is 3.36. The molecule has 0 aromatic carbocycles. The topological polar surface area (TPSA) is 46.6 Å². The molecule has 0 saturated carbocycles. The first-order valence-corrected chi connectivity index (χ1v) is 4.40. The van der Waals surface area contributed by atoms with Crippen molar-refractivity contribution in [3.63, 3.8) is 0 Å². The fraction of sp³-hybridized carbons (Fsp3) is 0.778. The molecule has 1 aliphatic heterocycles. The van der Waals surface area contributed by atoms with Gasteiger partial charge in [-0.2, -0.15) is 0 Å². The van der Waals surface area contributed by atoms with Gasteiger partial charge in [-0.3, -0.25) is 4.79 Å². The van der Waals surface area contributed by atoms with E-state index in [9.17, 15) is 9.59 Å². The van der Waals surface area contributed by atoms with Gasteiger partial charge < -0.3 is 9.64 Å². The Balaban J connectivity index is 2.64. The van der Waals surface area contributed by atoms with E-state index in [0.717, 1.165) is 0 Å². The third-order valence-corrected chi connectivity index (χ3v) is 2.77. The van der Waals surface area contributed by atoms with Crippen molar-refractivity contribution >= 4 is 11.9 Å². The van der Waals surface area contributed by atoms with E-state index in [4.69, 9.17) is 0 Å². The maximum Gasteiger partial charge on any atom is 0.328 e. The molecule has 1 aliphatic rings. The van der Waals surface area contributed by atoms with Crippen LogP contribution in [-0.4, -0.2) is 36.0 Å². The maximum absolute atomic E-state index is 11.4. The van der Waals surface area contributed by atoms with Crippen molar-refractivity contribution in [1.29, 1.82) is 0 Å². The Morgan fingerprint density at radius 1 is 1.54 bits per heavy atom. The second-order valence-electron chi connectivity index (χ2n) is 3.47. The van der Waals surface area contributed by atoms with Crippen LogP contribution in [-0.2, 0) is 14.3 Å². The fourth-order valence-electron chi connectivity index (χ4n) is 1.63. The van der Waals surface area contributed by atoms with Crippen LogP contribution in [0.3, 0.4) is 0 Å². The van der Waals surface area contributed by atoms with Crippen molar-refractivity contribution in [2.75, 3.05) is 7.11 Å². The Morgan fingerprint density at radius 3 is 2.46 bits per heavy atom. The van der Waals surface area contributed by atoms with Gasteiger partial charge in [-0.05, 0) is 13.8 Å². The summed E-state index contributed by atoms with van der Waals surface area (Å²) in [4.78, 5) is 24.0. The molecule has 1 heterocycles. The Hall–Kier alpha value is -1.06. The molecule has 1 saturated heterocycles. The smallest absolute Gasteiger partial charge is 0.328 e. The van der Waals surface area contributed by atoms with E-state index in [1.54, 1.807) is 11.8 Å². The summed E-state index contributed by atoms with van der Waals surface area (Å²) in [6.45, 7) is 5.49. The van der Waals surface area contributed by atoms with Gasteiger partial charge in [-0.15, -0.1) is 0 Å². The zero-order chi connectivity index (χ0) is 10.2. The lowest BCUT2D eigenvalue weighted by atomic mass is 9.89. The van der Waals surface area contributed by atoms with Gasteiger partial charge in [0.05, 0.1) is 13.0 Å². The molecular formula is C9H15NO3. The minimum absolute atomic E-state index is 0.0328. The monoisotopic (exact) mass is 185 g/mol.